The summed E-state index contributed by atoms with van der Waals surface area (Å²) in [6.45, 7) is 13.9. The van der Waals surface area contributed by atoms with Crippen LogP contribution in [0.1, 0.15) is 81.3 Å². The second kappa shape index (κ2) is 17.9. The second-order valence-electron chi connectivity index (χ2n) is 16.9. The second-order valence-corrected chi connectivity index (χ2v) is 18.1. The molecule has 0 atom stereocenters. The number of allylic oxidation sites excluding steroid dienone is 4. The normalized spacial score (nSPS) is 12.9. The maximum atomic E-state index is 12.7. The molecule has 0 fully saturated rings. The van der Waals surface area contributed by atoms with Crippen LogP contribution < -0.4 is 0 Å². The molecule has 0 N–H and O–H groups in total. The Morgan fingerprint density at radius 3 is 1.27 bits per heavy atom. The Hall–Kier alpha value is -5.00. The number of fused-ring (bicyclic) bond motifs is 3. The van der Waals surface area contributed by atoms with E-state index in [9.17, 15) is 26.3 Å². The minimum Gasteiger partial charge on any atom is -0.273 e. The molecule has 60 heavy (non-hydrogen) atoms. The molecule has 0 aromatic heterocycles. The summed E-state index contributed by atoms with van der Waals surface area (Å²) < 4.78 is 76.7. The van der Waals surface area contributed by atoms with Crippen molar-refractivity contribution in [2.45, 2.75) is 71.1 Å². The van der Waals surface area contributed by atoms with Crippen LogP contribution in [0.25, 0.3) is 43.8 Å². The zero-order valence-corrected chi connectivity index (χ0v) is 36.9. The average molecular weight is 888 g/mol. The summed E-state index contributed by atoms with van der Waals surface area (Å²) in [5, 5.41) is 5.36. The number of hydrogen-bond donors (Lipinski definition) is 0. The monoisotopic (exact) mass is 886 g/mol. The van der Waals surface area contributed by atoms with Crippen molar-refractivity contribution in [3.05, 3.63) is 197 Å². The number of hydrogen-bond acceptors (Lipinski definition) is 0. The molecular weight excluding hydrogens is 842 g/mol. The van der Waals surface area contributed by atoms with Crippen molar-refractivity contribution >= 4 is 24.8 Å². The van der Waals surface area contributed by atoms with Crippen molar-refractivity contribution in [1.82, 2.24) is 0 Å². The maximum absolute atomic E-state index is 12.7. The first-order chi connectivity index (χ1) is 28.2. The first-order valence-corrected chi connectivity index (χ1v) is 20.9. The van der Waals surface area contributed by atoms with Crippen LogP contribution in [0.5, 0.6) is 0 Å². The van der Waals surface area contributed by atoms with E-state index in [1.54, 1.807) is 0 Å². The Morgan fingerprint density at radius 1 is 0.533 bits per heavy atom. The molecule has 0 spiro atoms. The molecule has 7 heteroatoms. The molecule has 0 amide bonds. The van der Waals surface area contributed by atoms with Gasteiger partial charge in [0.05, 0.1) is 0 Å². The molecule has 0 aliphatic heterocycles. The van der Waals surface area contributed by atoms with Gasteiger partial charge in [-0.1, -0.05) is 114 Å². The van der Waals surface area contributed by atoms with E-state index in [1.165, 1.54) is 79.2 Å². The molecule has 0 nitrogen and oxygen atoms in total. The van der Waals surface area contributed by atoms with Gasteiger partial charge >= 0.3 is 137 Å². The van der Waals surface area contributed by atoms with Gasteiger partial charge in [0.15, 0.2) is 0 Å². The Morgan fingerprint density at radius 2 is 0.950 bits per heavy atom. The van der Waals surface area contributed by atoms with Crippen LogP contribution in [-0.2, 0) is 47.4 Å². The topological polar surface area (TPSA) is 0 Å². The van der Waals surface area contributed by atoms with Gasteiger partial charge in [0.1, 0.15) is 0 Å². The molecule has 1 aliphatic rings. The van der Waals surface area contributed by atoms with Gasteiger partial charge in [-0.3, -0.25) is 6.08 Å². The van der Waals surface area contributed by atoms with Gasteiger partial charge in [-0.25, -0.2) is 12.2 Å². The van der Waals surface area contributed by atoms with Crippen molar-refractivity contribution in [2.75, 3.05) is 0 Å². The van der Waals surface area contributed by atoms with Crippen LogP contribution in [0.4, 0.5) is 26.3 Å². The van der Waals surface area contributed by atoms with Crippen LogP contribution in [0.2, 0.25) is 0 Å². The summed E-state index contributed by atoms with van der Waals surface area (Å²) in [4.78, 5) is 0. The van der Waals surface area contributed by atoms with E-state index in [4.69, 9.17) is 0 Å². The minimum absolute atomic E-state index is 0.0554. The van der Waals surface area contributed by atoms with E-state index in [-0.39, 0.29) is 22.0 Å². The van der Waals surface area contributed by atoms with Gasteiger partial charge < -0.3 is 0 Å². The van der Waals surface area contributed by atoms with E-state index in [0.29, 0.717) is 3.21 Å². The third kappa shape index (κ3) is 10.7. The van der Waals surface area contributed by atoms with Crippen molar-refractivity contribution < 1.29 is 50.6 Å². The summed E-state index contributed by atoms with van der Waals surface area (Å²) in [7, 11) is 0. The molecule has 7 aromatic rings. The summed E-state index contributed by atoms with van der Waals surface area (Å²) in [5.41, 5.74) is 7.06. The fourth-order valence-electron chi connectivity index (χ4n) is 7.27. The summed E-state index contributed by atoms with van der Waals surface area (Å²) in [6.07, 6.45) is 1.03. The first kappa shape index (κ1) is 44.6. The molecule has 0 saturated heterocycles. The third-order valence-corrected chi connectivity index (χ3v) is 11.7. The molecule has 304 valence electrons. The predicted octanol–water partition coefficient (Wildman–Crippen LogP) is 15.8. The van der Waals surface area contributed by atoms with Gasteiger partial charge in [0.2, 0.25) is 0 Å². The third-order valence-electron chi connectivity index (χ3n) is 10.3. The zero-order chi connectivity index (χ0) is 43.5. The van der Waals surface area contributed by atoms with Crippen molar-refractivity contribution in [3.8, 4) is 22.3 Å². The van der Waals surface area contributed by atoms with Gasteiger partial charge in [-0.05, 0) is 44.2 Å². The van der Waals surface area contributed by atoms with Gasteiger partial charge in [0, 0.05) is 0 Å². The fourth-order valence-corrected chi connectivity index (χ4v) is 8.03. The number of halogens is 6. The molecule has 0 radical (unpaired) electrons. The Balaban J connectivity index is 0.000000192. The SMILES string of the molecule is CC(C)(C)c1cc2c(cc1-c1ccccc1)[cH-]c1cc(-c3ccccc3)c(C(C)(C)C)cc12.FC(F)(F)c1cccc([C](=[Zr+2])c2cccc(C(F)(F)F)c2)c1.[C-]1=CC=CC1. The molecule has 0 heterocycles. The molecule has 7 aromatic carbocycles. The smallest absolute Gasteiger partial charge is 0.109 e. The fraction of sp³-hybridized carbons (Fsp3) is 0.208. The first-order valence-electron chi connectivity index (χ1n) is 19.7. The van der Waals surface area contributed by atoms with E-state index < -0.39 is 23.5 Å². The molecule has 0 bridgehead atoms. The Kier molecular flexibility index (Phi) is 13.3. The summed E-state index contributed by atoms with van der Waals surface area (Å²) in [6, 6.07) is 42.9. The van der Waals surface area contributed by atoms with Crippen molar-refractivity contribution in [2.24, 2.45) is 0 Å². The van der Waals surface area contributed by atoms with E-state index in [0.717, 1.165) is 54.9 Å². The van der Waals surface area contributed by atoms with Crippen molar-refractivity contribution in [1.29, 1.82) is 0 Å². The van der Waals surface area contributed by atoms with Crippen molar-refractivity contribution in [3.63, 3.8) is 0 Å². The molecule has 8 rings (SSSR count). The molecule has 0 saturated carbocycles. The standard InChI is InChI=1S/C33H33.C15H8F6.C5H5.Zr/c1-32(2,3)30-20-26-24(18-28(30)22-13-9-7-10-14-22)17-25-19-29(23-15-11-8-12-16-23)31(21-27(25)26)33(4,5)6;16-14(17,18)12-5-1-3-10(8-12)7-11-4-2-6-13(9-11)15(19,20)21;1-2-4-5-3-1;/h7-21H,1-6H3;1-6,8-9H;1-3H,4H2;/q-1;;-1;+2. The summed E-state index contributed by atoms with van der Waals surface area (Å²) >= 11 is 0.729. The van der Waals surface area contributed by atoms with Gasteiger partial charge in [0.25, 0.3) is 0 Å². The summed E-state index contributed by atoms with van der Waals surface area (Å²) in [5.74, 6) is 0. The van der Waals surface area contributed by atoms with Crippen LogP contribution in [0.3, 0.4) is 0 Å². The quantitative estimate of drug-likeness (QED) is 0.122. The molecular formula is C53H46F6Zr. The van der Waals surface area contributed by atoms with E-state index >= 15 is 0 Å². The number of rotatable bonds is 4. The van der Waals surface area contributed by atoms with Crippen LogP contribution in [0.15, 0.2) is 158 Å². The number of alkyl halides is 6. The molecule has 0 unspecified atom stereocenters. The largest absolute Gasteiger partial charge is 0.273 e. The minimum atomic E-state index is -4.49. The van der Waals surface area contributed by atoms with E-state index in [2.05, 4.69) is 145 Å². The number of benzene rings is 6. The predicted molar refractivity (Wildman–Crippen MR) is 233 cm³/mol. The van der Waals surface area contributed by atoms with Gasteiger partial charge in [-0.15, -0.1) is 46.2 Å². The zero-order valence-electron chi connectivity index (χ0n) is 34.5. The maximum Gasteiger partial charge on any atom is -0.109 e. The van der Waals surface area contributed by atoms with Gasteiger partial charge in [-0.2, -0.15) is 6.08 Å². The average Bonchev–Trinajstić information content (AvgIpc) is 3.91. The Labute approximate surface area is 364 Å². The van der Waals surface area contributed by atoms with E-state index in [1.807, 2.05) is 12.2 Å². The van der Waals surface area contributed by atoms with Crippen LogP contribution >= 0.6 is 0 Å². The Bertz CT molecular complexity index is 2480. The van der Waals surface area contributed by atoms with Crippen LogP contribution in [-0.4, -0.2) is 3.21 Å². The molecule has 1 aliphatic carbocycles. The van der Waals surface area contributed by atoms with Crippen LogP contribution in [0, 0.1) is 6.08 Å².